The van der Waals surface area contributed by atoms with Gasteiger partial charge in [0.1, 0.15) is 0 Å². The van der Waals surface area contributed by atoms with E-state index in [4.69, 9.17) is 0 Å². The summed E-state index contributed by atoms with van der Waals surface area (Å²) >= 11 is 0. The number of amides is 1. The first-order valence-corrected chi connectivity index (χ1v) is 10.5. The highest BCUT2D eigenvalue weighted by atomic mass is 32.2. The maximum Gasteiger partial charge on any atom is 0.243 e. The van der Waals surface area contributed by atoms with Gasteiger partial charge in [-0.05, 0) is 35.0 Å². The molecule has 0 radical (unpaired) electrons. The fourth-order valence-corrected chi connectivity index (χ4v) is 4.30. The third kappa shape index (κ3) is 3.96. The fraction of sp³-hybridized carbons (Fsp3) is 0.0909. The van der Waals surface area contributed by atoms with Crippen LogP contribution >= 0.6 is 0 Å². The number of anilines is 1. The molecule has 0 atom stereocenters. The number of carbonyl (C=O) groups excluding carboxylic acids is 1. The minimum absolute atomic E-state index is 0.152. The van der Waals surface area contributed by atoms with Crippen molar-refractivity contribution in [2.45, 2.75) is 4.90 Å². The molecule has 1 N–H and O–H groups in total. The van der Waals surface area contributed by atoms with Gasteiger partial charge in [0.2, 0.25) is 15.9 Å². The number of sulfonamides is 1. The Morgan fingerprint density at radius 2 is 1.62 bits per heavy atom. The van der Waals surface area contributed by atoms with Crippen LogP contribution in [0.25, 0.3) is 21.7 Å². The van der Waals surface area contributed by atoms with Gasteiger partial charge in [0, 0.05) is 12.4 Å². The number of hydrogen-bond acceptors (Lipinski definition) is 4. The van der Waals surface area contributed by atoms with Crippen molar-refractivity contribution in [1.29, 1.82) is 0 Å². The summed E-state index contributed by atoms with van der Waals surface area (Å²) in [5.74, 6) is -0.436. The minimum Gasteiger partial charge on any atom is -0.324 e. The predicted octanol–water partition coefficient (Wildman–Crippen LogP) is 3.65. The topological polar surface area (TPSA) is 79.4 Å². The second-order valence-corrected chi connectivity index (χ2v) is 8.78. The molecule has 1 heterocycles. The highest BCUT2D eigenvalue weighted by molar-refractivity contribution is 7.89. The molecule has 146 valence electrons. The van der Waals surface area contributed by atoms with Crippen LogP contribution in [0.3, 0.4) is 0 Å². The lowest BCUT2D eigenvalue weighted by atomic mass is 10.1. The van der Waals surface area contributed by atoms with Gasteiger partial charge in [0.05, 0.1) is 28.8 Å². The summed E-state index contributed by atoms with van der Waals surface area (Å²) in [6.45, 7) is -0.304. The van der Waals surface area contributed by atoms with Crippen LogP contribution in [0.15, 0.2) is 83.9 Å². The lowest BCUT2D eigenvalue weighted by Crippen LogP contribution is -2.35. The maximum atomic E-state index is 12.9. The Morgan fingerprint density at radius 3 is 2.41 bits per heavy atom. The van der Waals surface area contributed by atoms with E-state index >= 15 is 0 Å². The van der Waals surface area contributed by atoms with Gasteiger partial charge in [-0.25, -0.2) is 8.42 Å². The van der Waals surface area contributed by atoms with Gasteiger partial charge in [-0.15, -0.1) is 0 Å². The molecule has 1 aromatic heterocycles. The van der Waals surface area contributed by atoms with Gasteiger partial charge in [-0.1, -0.05) is 48.5 Å². The molecule has 7 heteroatoms. The monoisotopic (exact) mass is 405 g/mol. The van der Waals surface area contributed by atoms with Crippen molar-refractivity contribution in [2.24, 2.45) is 0 Å². The Morgan fingerprint density at radius 1 is 0.931 bits per heavy atom. The largest absolute Gasteiger partial charge is 0.324 e. The van der Waals surface area contributed by atoms with Crippen molar-refractivity contribution in [1.82, 2.24) is 9.29 Å². The van der Waals surface area contributed by atoms with Crippen molar-refractivity contribution in [2.75, 3.05) is 18.9 Å². The van der Waals surface area contributed by atoms with E-state index in [1.54, 1.807) is 30.5 Å². The van der Waals surface area contributed by atoms with Gasteiger partial charge in [-0.3, -0.25) is 9.78 Å². The number of para-hydroxylation sites is 1. The van der Waals surface area contributed by atoms with E-state index in [9.17, 15) is 13.2 Å². The first kappa shape index (κ1) is 19.0. The average molecular weight is 405 g/mol. The van der Waals surface area contributed by atoms with Crippen molar-refractivity contribution in [3.8, 4) is 0 Å². The molecule has 4 rings (SSSR count). The summed E-state index contributed by atoms with van der Waals surface area (Å²) in [4.78, 5) is 16.8. The number of benzene rings is 3. The molecule has 0 bridgehead atoms. The molecule has 3 aromatic carbocycles. The average Bonchev–Trinajstić information content (AvgIpc) is 2.73. The van der Waals surface area contributed by atoms with Gasteiger partial charge in [0.25, 0.3) is 0 Å². The molecule has 0 aliphatic heterocycles. The van der Waals surface area contributed by atoms with E-state index in [0.717, 1.165) is 26.0 Å². The van der Waals surface area contributed by atoms with E-state index in [1.165, 1.54) is 7.05 Å². The normalized spacial score (nSPS) is 11.8. The summed E-state index contributed by atoms with van der Waals surface area (Å²) in [5, 5.41) is 5.38. The summed E-state index contributed by atoms with van der Waals surface area (Å²) in [5.41, 5.74) is 1.34. The zero-order valence-corrected chi connectivity index (χ0v) is 16.6. The maximum absolute atomic E-state index is 12.9. The Balaban J connectivity index is 1.50. The van der Waals surface area contributed by atoms with Crippen LogP contribution in [0.1, 0.15) is 0 Å². The van der Waals surface area contributed by atoms with Gasteiger partial charge < -0.3 is 5.32 Å². The van der Waals surface area contributed by atoms with Crippen LogP contribution in [0.4, 0.5) is 5.69 Å². The number of nitrogens with zero attached hydrogens (tertiary/aromatic N) is 2. The van der Waals surface area contributed by atoms with Crippen LogP contribution < -0.4 is 5.32 Å². The van der Waals surface area contributed by atoms with E-state index in [2.05, 4.69) is 10.3 Å². The fourth-order valence-electron chi connectivity index (χ4n) is 3.13. The van der Waals surface area contributed by atoms with E-state index in [-0.39, 0.29) is 11.4 Å². The second kappa shape index (κ2) is 7.62. The number of aromatic nitrogens is 1. The van der Waals surface area contributed by atoms with Crippen LogP contribution in [0.2, 0.25) is 0 Å². The molecule has 0 unspecified atom stereocenters. The molecule has 0 spiro atoms. The van der Waals surface area contributed by atoms with Crippen molar-refractivity contribution >= 4 is 43.3 Å². The Kier molecular flexibility index (Phi) is 5.00. The predicted molar refractivity (Wildman–Crippen MR) is 114 cm³/mol. The SMILES string of the molecule is CN(CC(=O)Nc1cnc2ccccc2c1)S(=O)(=O)c1ccc2ccccc2c1. The molecule has 0 saturated carbocycles. The Hall–Kier alpha value is -3.29. The molecule has 6 nitrogen and oxygen atoms in total. The molecular weight excluding hydrogens is 386 g/mol. The number of rotatable bonds is 5. The molecule has 0 aliphatic carbocycles. The zero-order valence-electron chi connectivity index (χ0n) is 15.7. The number of fused-ring (bicyclic) bond motifs is 2. The Bertz CT molecular complexity index is 1320. The quantitative estimate of drug-likeness (QED) is 0.550. The molecule has 0 aliphatic rings. The van der Waals surface area contributed by atoms with Crippen molar-refractivity contribution in [3.05, 3.63) is 79.0 Å². The number of carbonyl (C=O) groups is 1. The lowest BCUT2D eigenvalue weighted by molar-refractivity contribution is -0.116. The second-order valence-electron chi connectivity index (χ2n) is 6.73. The summed E-state index contributed by atoms with van der Waals surface area (Å²) in [6, 6.07) is 21.8. The summed E-state index contributed by atoms with van der Waals surface area (Å²) in [7, 11) is -2.40. The zero-order chi connectivity index (χ0) is 20.4. The summed E-state index contributed by atoms with van der Waals surface area (Å²) in [6.07, 6.45) is 1.55. The third-order valence-corrected chi connectivity index (χ3v) is 6.47. The third-order valence-electron chi connectivity index (χ3n) is 4.67. The Labute approximate surface area is 168 Å². The standard InChI is InChI=1S/C22H19N3O3S/c1-25(29(27,28)20-11-10-16-6-2-3-7-17(16)13-20)15-22(26)24-19-12-18-8-4-5-9-21(18)23-14-19/h2-14H,15H2,1H3,(H,24,26). The molecule has 1 amide bonds. The number of hydrogen-bond donors (Lipinski definition) is 1. The molecule has 0 saturated heterocycles. The van der Waals surface area contributed by atoms with Crippen molar-refractivity contribution in [3.63, 3.8) is 0 Å². The first-order valence-electron chi connectivity index (χ1n) is 9.03. The number of pyridine rings is 1. The number of nitrogens with one attached hydrogen (secondary N) is 1. The van der Waals surface area contributed by atoms with Crippen molar-refractivity contribution < 1.29 is 13.2 Å². The first-order chi connectivity index (χ1) is 13.9. The van der Waals surface area contributed by atoms with E-state index in [1.807, 2.05) is 48.5 Å². The van der Waals surface area contributed by atoms with E-state index in [0.29, 0.717) is 5.69 Å². The smallest absolute Gasteiger partial charge is 0.243 e. The van der Waals surface area contributed by atoms with Gasteiger partial charge in [-0.2, -0.15) is 4.31 Å². The highest BCUT2D eigenvalue weighted by Crippen LogP contribution is 2.21. The van der Waals surface area contributed by atoms with Gasteiger partial charge in [0.15, 0.2) is 0 Å². The molecule has 0 fully saturated rings. The molecule has 29 heavy (non-hydrogen) atoms. The summed E-state index contributed by atoms with van der Waals surface area (Å²) < 4.78 is 26.8. The molecular formula is C22H19N3O3S. The minimum atomic E-state index is -3.80. The van der Waals surface area contributed by atoms with E-state index < -0.39 is 15.9 Å². The number of likely N-dealkylation sites (N-methyl/N-ethyl adjacent to an activating group) is 1. The van der Waals surface area contributed by atoms with Crippen LogP contribution in [-0.2, 0) is 14.8 Å². The van der Waals surface area contributed by atoms with Crippen LogP contribution in [-0.4, -0.2) is 37.2 Å². The lowest BCUT2D eigenvalue weighted by Gasteiger charge is -2.17. The highest BCUT2D eigenvalue weighted by Gasteiger charge is 2.23. The molecule has 4 aromatic rings. The van der Waals surface area contributed by atoms with Gasteiger partial charge >= 0.3 is 0 Å². The van der Waals surface area contributed by atoms with Crippen LogP contribution in [0, 0.1) is 0 Å². The van der Waals surface area contributed by atoms with Crippen LogP contribution in [0.5, 0.6) is 0 Å².